The van der Waals surface area contributed by atoms with E-state index in [1.807, 2.05) is 0 Å². The van der Waals surface area contributed by atoms with Gasteiger partial charge in [-0.3, -0.25) is 0 Å². The molecule has 0 aromatic heterocycles. The molecule has 0 aromatic carbocycles. The van der Waals surface area contributed by atoms with Crippen LogP contribution in [0.25, 0.3) is 0 Å². The minimum atomic E-state index is -2.51. The molecular formula is C17H42IN4P. The van der Waals surface area contributed by atoms with Gasteiger partial charge in [0.2, 0.25) is 0 Å². The average Bonchev–Trinajstić information content (AvgIpc) is 2.58. The molecule has 6 heteroatoms. The molecule has 142 valence electrons. The summed E-state index contributed by atoms with van der Waals surface area (Å²) in [5, 5.41) is 0. The summed E-state index contributed by atoms with van der Waals surface area (Å²) in [5.74, 6) is 0. The summed E-state index contributed by atoms with van der Waals surface area (Å²) in [6.45, 7) is 17.1. The fourth-order valence-electron chi connectivity index (χ4n) is 3.30. The van der Waals surface area contributed by atoms with E-state index in [0.717, 1.165) is 19.6 Å². The van der Waals surface area contributed by atoms with Gasteiger partial charge >= 0.3 is 160 Å². The van der Waals surface area contributed by atoms with Gasteiger partial charge in [-0.05, 0) is 0 Å². The molecule has 0 atom stereocenters. The standard InChI is InChI=1S/C17H42IN4P/c1-9-14-16-22(17-15-10-2)23(18,19(6)11-3,20(7)12-4)21(8)13-5/h9-17H2,1-8H3. The Balaban J connectivity index is 6.18. The number of nitrogens with zero attached hydrogens (tertiary/aromatic N) is 4. The van der Waals surface area contributed by atoms with Crippen LogP contribution in [0.4, 0.5) is 0 Å². The maximum atomic E-state index is 2.86. The van der Waals surface area contributed by atoms with Gasteiger partial charge in [0.25, 0.3) is 0 Å². The van der Waals surface area contributed by atoms with Gasteiger partial charge in [-0.25, -0.2) is 0 Å². The Morgan fingerprint density at radius 2 is 0.957 bits per heavy atom. The summed E-state index contributed by atoms with van der Waals surface area (Å²) in [6, 6.07) is 0. The van der Waals surface area contributed by atoms with Crippen molar-refractivity contribution in [3.8, 4) is 0 Å². The number of halogens is 1. The second kappa shape index (κ2) is 10.9. The van der Waals surface area contributed by atoms with Crippen LogP contribution in [0.5, 0.6) is 0 Å². The number of rotatable bonds is 13. The Morgan fingerprint density at radius 3 is 1.17 bits per heavy atom. The summed E-state index contributed by atoms with van der Waals surface area (Å²) in [7, 11) is 6.98. The molecule has 0 aliphatic rings. The van der Waals surface area contributed by atoms with Crippen molar-refractivity contribution in [3.63, 3.8) is 0 Å². The van der Waals surface area contributed by atoms with Crippen LogP contribution >= 0.6 is 26.9 Å². The topological polar surface area (TPSA) is 13.0 Å². The first-order chi connectivity index (χ1) is 10.8. The van der Waals surface area contributed by atoms with Crippen LogP contribution in [-0.4, -0.2) is 72.5 Å². The van der Waals surface area contributed by atoms with E-state index in [2.05, 4.69) is 96.5 Å². The maximum absolute atomic E-state index is 2.86. The van der Waals surface area contributed by atoms with Crippen molar-refractivity contribution in [1.82, 2.24) is 18.7 Å². The SMILES string of the molecule is CCCCN(CCCC)P(I)(N(C)CC)(N(C)CC)N(C)CC. The van der Waals surface area contributed by atoms with E-state index in [4.69, 9.17) is 0 Å². The fourth-order valence-corrected chi connectivity index (χ4v) is 12.6. The van der Waals surface area contributed by atoms with Gasteiger partial charge in [-0.2, -0.15) is 0 Å². The summed E-state index contributed by atoms with van der Waals surface area (Å²) in [5.41, 5.74) is 0. The molecule has 0 fully saturated rings. The first-order valence-electron chi connectivity index (χ1n) is 9.43. The molecule has 0 unspecified atom stereocenters. The third-order valence-corrected chi connectivity index (χ3v) is 19.4. The van der Waals surface area contributed by atoms with Gasteiger partial charge in [-0.15, -0.1) is 0 Å². The van der Waals surface area contributed by atoms with Crippen molar-refractivity contribution in [2.24, 2.45) is 0 Å². The van der Waals surface area contributed by atoms with Crippen LogP contribution < -0.4 is 0 Å². The monoisotopic (exact) mass is 460 g/mol. The van der Waals surface area contributed by atoms with Gasteiger partial charge < -0.3 is 0 Å². The molecule has 23 heavy (non-hydrogen) atoms. The van der Waals surface area contributed by atoms with Gasteiger partial charge in [-0.1, -0.05) is 0 Å². The van der Waals surface area contributed by atoms with Crippen LogP contribution in [0.15, 0.2) is 0 Å². The van der Waals surface area contributed by atoms with Crippen molar-refractivity contribution in [3.05, 3.63) is 0 Å². The van der Waals surface area contributed by atoms with E-state index in [9.17, 15) is 0 Å². The van der Waals surface area contributed by atoms with Gasteiger partial charge in [0.05, 0.1) is 0 Å². The molecule has 0 N–H and O–H groups in total. The molecule has 0 radical (unpaired) electrons. The molecule has 0 rings (SSSR count). The van der Waals surface area contributed by atoms with Crippen molar-refractivity contribution < 1.29 is 0 Å². The second-order valence-electron chi connectivity index (χ2n) is 6.42. The van der Waals surface area contributed by atoms with E-state index in [-0.39, 0.29) is 0 Å². The Hall–Kier alpha value is 1.00. The predicted octanol–water partition coefficient (Wildman–Crippen LogP) is 5.31. The average molecular weight is 460 g/mol. The summed E-state index contributed by atoms with van der Waals surface area (Å²) < 4.78 is 10.8. The molecule has 0 aliphatic heterocycles. The molecule has 4 nitrogen and oxygen atoms in total. The van der Waals surface area contributed by atoms with Crippen molar-refractivity contribution in [1.29, 1.82) is 0 Å². The molecule has 0 saturated heterocycles. The van der Waals surface area contributed by atoms with Crippen LogP contribution in [0, 0.1) is 0 Å². The zero-order valence-corrected chi connectivity index (χ0v) is 20.0. The molecule has 0 aromatic rings. The zero-order chi connectivity index (χ0) is 18.1. The summed E-state index contributed by atoms with van der Waals surface area (Å²) in [6.07, 6.45) is 5.06. The molecule has 0 amide bonds. The number of hydrogen-bond acceptors (Lipinski definition) is 4. The van der Waals surface area contributed by atoms with Crippen LogP contribution in [0.3, 0.4) is 0 Å². The quantitative estimate of drug-likeness (QED) is 0.273. The van der Waals surface area contributed by atoms with Crippen LogP contribution in [0.1, 0.15) is 60.3 Å². The first kappa shape index (κ1) is 24.0. The number of unbranched alkanes of at least 4 members (excludes halogenated alkanes) is 2. The van der Waals surface area contributed by atoms with Crippen molar-refractivity contribution >= 4 is 26.9 Å². The van der Waals surface area contributed by atoms with Crippen molar-refractivity contribution in [2.75, 3.05) is 53.9 Å². The molecule has 0 saturated carbocycles. The molecule has 0 bridgehead atoms. The Bertz CT molecular complexity index is 292. The minimum absolute atomic E-state index is 1.07. The summed E-state index contributed by atoms with van der Waals surface area (Å²) >= 11 is 2.86. The molecule has 0 aliphatic carbocycles. The Labute approximate surface area is 159 Å². The van der Waals surface area contributed by atoms with E-state index in [0.29, 0.717) is 0 Å². The Morgan fingerprint density at radius 1 is 0.652 bits per heavy atom. The second-order valence-corrected chi connectivity index (χ2v) is 15.9. The molecular weight excluding hydrogens is 418 g/mol. The van der Waals surface area contributed by atoms with E-state index in [1.54, 1.807) is 0 Å². The van der Waals surface area contributed by atoms with Gasteiger partial charge in [0.1, 0.15) is 0 Å². The van der Waals surface area contributed by atoms with Crippen LogP contribution in [0.2, 0.25) is 0 Å². The van der Waals surface area contributed by atoms with E-state index < -0.39 is 4.85 Å². The predicted molar refractivity (Wildman–Crippen MR) is 117 cm³/mol. The normalized spacial score (nSPS) is 14.9. The third-order valence-electron chi connectivity index (χ3n) is 5.16. The van der Waals surface area contributed by atoms with Crippen molar-refractivity contribution in [2.45, 2.75) is 60.3 Å². The molecule has 0 heterocycles. The third kappa shape index (κ3) is 4.59. The molecule has 0 spiro atoms. The van der Waals surface area contributed by atoms with Gasteiger partial charge in [0.15, 0.2) is 0 Å². The van der Waals surface area contributed by atoms with Gasteiger partial charge in [0, 0.05) is 0 Å². The fraction of sp³-hybridized carbons (Fsp3) is 1.00. The van der Waals surface area contributed by atoms with E-state index in [1.165, 1.54) is 38.8 Å². The number of hydrogen-bond donors (Lipinski definition) is 0. The zero-order valence-electron chi connectivity index (χ0n) is 17.0. The van der Waals surface area contributed by atoms with Crippen LogP contribution in [-0.2, 0) is 0 Å². The Kier molecular flexibility index (Phi) is 11.3. The first-order valence-corrected chi connectivity index (χ1v) is 14.3. The summed E-state index contributed by atoms with van der Waals surface area (Å²) in [4.78, 5) is -2.51. The van der Waals surface area contributed by atoms with E-state index >= 15 is 0 Å².